The van der Waals surface area contributed by atoms with Crippen LogP contribution in [-0.4, -0.2) is 61.6 Å². The number of hydrogen-bond donors (Lipinski definition) is 1. The lowest BCUT2D eigenvalue weighted by molar-refractivity contribution is -0.131. The Bertz CT molecular complexity index is 581. The van der Waals surface area contributed by atoms with E-state index in [0.29, 0.717) is 39.1 Å². The van der Waals surface area contributed by atoms with Crippen molar-refractivity contribution in [3.63, 3.8) is 0 Å². The Morgan fingerprint density at radius 3 is 2.46 bits per heavy atom. The molecule has 1 N–H and O–H groups in total. The number of piperazine rings is 1. The van der Waals surface area contributed by atoms with Gasteiger partial charge in [-0.1, -0.05) is 24.6 Å². The molecule has 0 spiro atoms. The molecule has 1 aromatic carbocycles. The van der Waals surface area contributed by atoms with Crippen molar-refractivity contribution < 1.29 is 14.3 Å². The van der Waals surface area contributed by atoms with Crippen LogP contribution in [0, 0.1) is 6.92 Å². The molecule has 0 radical (unpaired) electrons. The van der Waals surface area contributed by atoms with Gasteiger partial charge in [0, 0.05) is 38.3 Å². The first kappa shape index (κ1) is 18.1. The number of carbonyl (C=O) groups excluding carboxylic acids is 2. The number of amides is 3. The molecule has 1 saturated heterocycles. The summed E-state index contributed by atoms with van der Waals surface area (Å²) in [5.41, 5.74) is 2.02. The zero-order valence-electron chi connectivity index (χ0n) is 14.8. The number of carbonyl (C=O) groups is 2. The first-order valence-electron chi connectivity index (χ1n) is 8.49. The van der Waals surface area contributed by atoms with Gasteiger partial charge in [0.15, 0.2) is 0 Å². The van der Waals surface area contributed by atoms with Crippen LogP contribution in [0.15, 0.2) is 18.2 Å². The zero-order chi connectivity index (χ0) is 17.5. The lowest BCUT2D eigenvalue weighted by Gasteiger charge is -2.34. The SMILES string of the molecule is CCCNC(=O)N1CCN(C(=O)Cc2cc(C)ccc2OC)CC1. The molecule has 1 aliphatic rings. The highest BCUT2D eigenvalue weighted by atomic mass is 16.5. The van der Waals surface area contributed by atoms with E-state index in [1.54, 1.807) is 12.0 Å². The van der Waals surface area contributed by atoms with Gasteiger partial charge in [-0.2, -0.15) is 0 Å². The van der Waals surface area contributed by atoms with Gasteiger partial charge in [-0.15, -0.1) is 0 Å². The largest absolute Gasteiger partial charge is 0.496 e. The molecule has 0 aliphatic carbocycles. The molecule has 2 rings (SSSR count). The third-order valence-corrected chi connectivity index (χ3v) is 4.22. The molecule has 24 heavy (non-hydrogen) atoms. The smallest absolute Gasteiger partial charge is 0.317 e. The number of rotatable bonds is 5. The zero-order valence-corrected chi connectivity index (χ0v) is 14.8. The van der Waals surface area contributed by atoms with Crippen LogP contribution in [0.25, 0.3) is 0 Å². The lowest BCUT2D eigenvalue weighted by Crippen LogP contribution is -2.53. The first-order chi connectivity index (χ1) is 11.5. The van der Waals surface area contributed by atoms with Crippen molar-refractivity contribution in [3.05, 3.63) is 29.3 Å². The summed E-state index contributed by atoms with van der Waals surface area (Å²) in [6.45, 7) is 7.01. The summed E-state index contributed by atoms with van der Waals surface area (Å²) >= 11 is 0. The van der Waals surface area contributed by atoms with Gasteiger partial charge in [0.1, 0.15) is 5.75 Å². The molecule has 6 nitrogen and oxygen atoms in total. The minimum absolute atomic E-state index is 0.0377. The normalized spacial score (nSPS) is 14.5. The van der Waals surface area contributed by atoms with Gasteiger partial charge in [0.25, 0.3) is 0 Å². The molecule has 6 heteroatoms. The second-order valence-electron chi connectivity index (χ2n) is 6.09. The van der Waals surface area contributed by atoms with Crippen molar-refractivity contribution in [1.82, 2.24) is 15.1 Å². The van der Waals surface area contributed by atoms with Gasteiger partial charge >= 0.3 is 6.03 Å². The summed E-state index contributed by atoms with van der Waals surface area (Å²) in [6, 6.07) is 5.82. The van der Waals surface area contributed by atoms with Gasteiger partial charge in [-0.25, -0.2) is 4.79 Å². The van der Waals surface area contributed by atoms with Crippen LogP contribution in [0.2, 0.25) is 0 Å². The van der Waals surface area contributed by atoms with Crippen LogP contribution in [0.5, 0.6) is 5.75 Å². The second-order valence-corrected chi connectivity index (χ2v) is 6.09. The predicted octanol–water partition coefficient (Wildman–Crippen LogP) is 1.81. The number of hydrogen-bond acceptors (Lipinski definition) is 3. The Hall–Kier alpha value is -2.24. The number of ether oxygens (including phenoxy) is 1. The minimum atomic E-state index is -0.0377. The maximum Gasteiger partial charge on any atom is 0.317 e. The third-order valence-electron chi connectivity index (χ3n) is 4.22. The van der Waals surface area contributed by atoms with Crippen molar-refractivity contribution >= 4 is 11.9 Å². The molecule has 0 unspecified atom stereocenters. The van der Waals surface area contributed by atoms with Gasteiger partial charge in [-0.05, 0) is 19.4 Å². The summed E-state index contributed by atoms with van der Waals surface area (Å²) in [7, 11) is 1.62. The molecule has 1 aromatic rings. The lowest BCUT2D eigenvalue weighted by atomic mass is 10.1. The van der Waals surface area contributed by atoms with E-state index >= 15 is 0 Å². The fraction of sp³-hybridized carbons (Fsp3) is 0.556. The van der Waals surface area contributed by atoms with Gasteiger partial charge in [0.05, 0.1) is 13.5 Å². The average molecular weight is 333 g/mol. The van der Waals surface area contributed by atoms with Crippen molar-refractivity contribution in [2.75, 3.05) is 39.8 Å². The number of nitrogens with one attached hydrogen (secondary N) is 1. The standard InChI is InChI=1S/C18H27N3O3/c1-4-7-19-18(23)21-10-8-20(9-11-21)17(22)13-15-12-14(2)5-6-16(15)24-3/h5-6,12H,4,7-11,13H2,1-3H3,(H,19,23). The molecule has 1 aliphatic heterocycles. The number of urea groups is 1. The summed E-state index contributed by atoms with van der Waals surface area (Å²) in [5.74, 6) is 0.819. The number of benzene rings is 1. The maximum absolute atomic E-state index is 12.5. The Morgan fingerprint density at radius 2 is 1.83 bits per heavy atom. The summed E-state index contributed by atoms with van der Waals surface area (Å²) < 4.78 is 5.34. The average Bonchev–Trinajstić information content (AvgIpc) is 2.60. The van der Waals surface area contributed by atoms with E-state index in [4.69, 9.17) is 4.74 Å². The minimum Gasteiger partial charge on any atom is -0.496 e. The first-order valence-corrected chi connectivity index (χ1v) is 8.49. The van der Waals surface area contributed by atoms with Crippen LogP contribution in [0.4, 0.5) is 4.79 Å². The second kappa shape index (κ2) is 8.57. The highest BCUT2D eigenvalue weighted by molar-refractivity contribution is 5.80. The molecule has 0 atom stereocenters. The number of methoxy groups -OCH3 is 1. The van der Waals surface area contributed by atoms with E-state index in [1.807, 2.05) is 36.9 Å². The van der Waals surface area contributed by atoms with Crippen molar-refractivity contribution in [1.29, 1.82) is 0 Å². The fourth-order valence-corrected chi connectivity index (χ4v) is 2.82. The van der Waals surface area contributed by atoms with E-state index in [9.17, 15) is 9.59 Å². The van der Waals surface area contributed by atoms with Crippen molar-refractivity contribution in [3.8, 4) is 5.75 Å². The number of nitrogens with zero attached hydrogens (tertiary/aromatic N) is 2. The van der Waals surface area contributed by atoms with E-state index in [1.165, 1.54) is 0 Å². The van der Waals surface area contributed by atoms with E-state index in [0.717, 1.165) is 23.3 Å². The Morgan fingerprint density at radius 1 is 1.17 bits per heavy atom. The molecule has 3 amide bonds. The van der Waals surface area contributed by atoms with E-state index < -0.39 is 0 Å². The van der Waals surface area contributed by atoms with Crippen molar-refractivity contribution in [2.24, 2.45) is 0 Å². The van der Waals surface area contributed by atoms with Crippen LogP contribution in [0.3, 0.4) is 0 Å². The fourth-order valence-electron chi connectivity index (χ4n) is 2.82. The monoisotopic (exact) mass is 333 g/mol. The molecular formula is C18H27N3O3. The Labute approximate surface area is 143 Å². The summed E-state index contributed by atoms with van der Waals surface area (Å²) in [4.78, 5) is 28.1. The molecule has 1 fully saturated rings. The summed E-state index contributed by atoms with van der Waals surface area (Å²) in [6.07, 6.45) is 1.25. The molecule has 0 bridgehead atoms. The summed E-state index contributed by atoms with van der Waals surface area (Å²) in [5, 5.41) is 2.87. The van der Waals surface area contributed by atoms with Crippen molar-refractivity contribution in [2.45, 2.75) is 26.7 Å². The van der Waals surface area contributed by atoms with Gasteiger partial charge in [-0.3, -0.25) is 4.79 Å². The maximum atomic E-state index is 12.5. The highest BCUT2D eigenvalue weighted by Crippen LogP contribution is 2.21. The Kier molecular flexibility index (Phi) is 6.46. The van der Waals surface area contributed by atoms with E-state index in [2.05, 4.69) is 5.32 Å². The topological polar surface area (TPSA) is 61.9 Å². The molecule has 1 heterocycles. The van der Waals surface area contributed by atoms with Crippen LogP contribution in [-0.2, 0) is 11.2 Å². The van der Waals surface area contributed by atoms with Gasteiger partial charge < -0.3 is 19.9 Å². The molecule has 0 aromatic heterocycles. The van der Waals surface area contributed by atoms with Crippen LogP contribution in [0.1, 0.15) is 24.5 Å². The third kappa shape index (κ3) is 4.63. The molecular weight excluding hydrogens is 306 g/mol. The number of aryl methyl sites for hydroxylation is 1. The van der Waals surface area contributed by atoms with Crippen LogP contribution < -0.4 is 10.1 Å². The predicted molar refractivity (Wildman–Crippen MR) is 93.3 cm³/mol. The van der Waals surface area contributed by atoms with Crippen LogP contribution >= 0.6 is 0 Å². The highest BCUT2D eigenvalue weighted by Gasteiger charge is 2.24. The molecule has 132 valence electrons. The van der Waals surface area contributed by atoms with Gasteiger partial charge in [0.2, 0.25) is 5.91 Å². The van der Waals surface area contributed by atoms with E-state index in [-0.39, 0.29) is 11.9 Å². The molecule has 0 saturated carbocycles. The Balaban J connectivity index is 1.89. The quantitative estimate of drug-likeness (QED) is 0.894.